The van der Waals surface area contributed by atoms with Crippen LogP contribution in [0.15, 0.2) is 41.7 Å². The largest absolute Gasteiger partial charge is 0.352 e. The van der Waals surface area contributed by atoms with Crippen LogP contribution in [0.5, 0.6) is 0 Å². The van der Waals surface area contributed by atoms with Gasteiger partial charge in [0, 0.05) is 29.2 Å². The number of nitrogens with one attached hydrogen (secondary N) is 2. The molecule has 0 aliphatic rings. The molecule has 0 aliphatic heterocycles. The molecule has 24 heavy (non-hydrogen) atoms. The number of nitrogens with zero attached hydrogens (tertiary/aromatic N) is 3. The molecule has 3 aromatic rings. The van der Waals surface area contributed by atoms with Crippen molar-refractivity contribution >= 4 is 22.9 Å². The molecule has 0 radical (unpaired) electrons. The predicted octanol–water partition coefficient (Wildman–Crippen LogP) is 3.13. The maximum atomic E-state index is 4.63. The van der Waals surface area contributed by atoms with Gasteiger partial charge in [0.15, 0.2) is 5.96 Å². The lowest BCUT2D eigenvalue weighted by molar-refractivity contribution is 0.804. The number of pyridine rings is 1. The number of aryl methyl sites for hydroxylation is 2. The normalized spacial score (nSPS) is 11.9. The second kappa shape index (κ2) is 7.49. The van der Waals surface area contributed by atoms with Gasteiger partial charge in [-0.05, 0) is 43.2 Å². The molecule has 0 saturated carbocycles. The first-order valence-corrected chi connectivity index (χ1v) is 8.96. The molecular weight excluding hydrogens is 318 g/mol. The van der Waals surface area contributed by atoms with Crippen LogP contribution in [0.25, 0.3) is 5.65 Å². The van der Waals surface area contributed by atoms with Gasteiger partial charge in [0.1, 0.15) is 5.65 Å². The lowest BCUT2D eigenvalue weighted by Gasteiger charge is -2.09. The fourth-order valence-corrected chi connectivity index (χ4v) is 3.39. The van der Waals surface area contributed by atoms with Crippen LogP contribution < -0.4 is 10.6 Å². The summed E-state index contributed by atoms with van der Waals surface area (Å²) in [6.07, 6.45) is 5.17. The molecule has 0 saturated heterocycles. The van der Waals surface area contributed by atoms with E-state index < -0.39 is 0 Å². The minimum absolute atomic E-state index is 0.644. The molecule has 0 spiro atoms. The van der Waals surface area contributed by atoms with Crippen molar-refractivity contribution in [1.82, 2.24) is 20.0 Å². The van der Waals surface area contributed by atoms with Crippen LogP contribution in [0, 0.1) is 6.92 Å². The Balaban J connectivity index is 1.56. The number of aliphatic imine (C=N–C) groups is 1. The average Bonchev–Trinajstić information content (AvgIpc) is 3.20. The molecule has 3 rings (SSSR count). The van der Waals surface area contributed by atoms with Crippen LogP contribution >= 0.6 is 11.3 Å². The van der Waals surface area contributed by atoms with Crippen molar-refractivity contribution in [2.75, 3.05) is 7.05 Å². The second-order valence-electron chi connectivity index (χ2n) is 5.70. The van der Waals surface area contributed by atoms with Crippen molar-refractivity contribution < 1.29 is 0 Å². The highest BCUT2D eigenvalue weighted by Gasteiger charge is 2.04. The van der Waals surface area contributed by atoms with Crippen LogP contribution in [0.3, 0.4) is 0 Å². The van der Waals surface area contributed by atoms with Crippen molar-refractivity contribution in [3.05, 3.63) is 57.7 Å². The fourth-order valence-electron chi connectivity index (χ4n) is 2.49. The topological polar surface area (TPSA) is 53.7 Å². The van der Waals surface area contributed by atoms with Crippen LogP contribution in [0.2, 0.25) is 0 Å². The van der Waals surface area contributed by atoms with E-state index in [0.717, 1.165) is 30.3 Å². The van der Waals surface area contributed by atoms with Crippen LogP contribution in [-0.2, 0) is 19.5 Å². The number of rotatable bonds is 5. The zero-order valence-electron chi connectivity index (χ0n) is 14.3. The third-order valence-corrected chi connectivity index (χ3v) is 5.05. The van der Waals surface area contributed by atoms with Crippen molar-refractivity contribution in [2.24, 2.45) is 4.99 Å². The summed E-state index contributed by atoms with van der Waals surface area (Å²) in [7, 11) is 1.79. The molecule has 0 atom stereocenters. The van der Waals surface area contributed by atoms with Crippen molar-refractivity contribution in [3.8, 4) is 0 Å². The Hall–Kier alpha value is -2.34. The number of aromatic nitrogens is 2. The molecule has 6 heteroatoms. The molecule has 0 unspecified atom stereocenters. The summed E-state index contributed by atoms with van der Waals surface area (Å²) in [5.41, 5.74) is 3.18. The Morgan fingerprint density at radius 2 is 2.00 bits per heavy atom. The quantitative estimate of drug-likeness (QED) is 0.554. The molecule has 126 valence electrons. The Labute approximate surface area is 146 Å². The first-order chi connectivity index (χ1) is 11.7. The van der Waals surface area contributed by atoms with Gasteiger partial charge in [-0.2, -0.15) is 0 Å². The van der Waals surface area contributed by atoms with E-state index in [4.69, 9.17) is 0 Å². The lowest BCUT2D eigenvalue weighted by Crippen LogP contribution is -2.36. The van der Waals surface area contributed by atoms with Gasteiger partial charge in [0.05, 0.1) is 18.8 Å². The van der Waals surface area contributed by atoms with Gasteiger partial charge < -0.3 is 15.0 Å². The van der Waals surface area contributed by atoms with Gasteiger partial charge in [0.2, 0.25) is 0 Å². The van der Waals surface area contributed by atoms with E-state index in [0.29, 0.717) is 6.54 Å². The van der Waals surface area contributed by atoms with E-state index >= 15 is 0 Å². The molecule has 3 aromatic heterocycles. The van der Waals surface area contributed by atoms with Gasteiger partial charge >= 0.3 is 0 Å². The average molecular weight is 341 g/mol. The molecule has 0 fully saturated rings. The number of imidazole rings is 1. The molecule has 5 nitrogen and oxygen atoms in total. The minimum atomic E-state index is 0.644. The van der Waals surface area contributed by atoms with E-state index in [1.807, 2.05) is 28.1 Å². The standard InChI is InChI=1S/C18H23N5S/c1-4-15-5-6-16(24-15)11-21-18(19-3)20-10-14-12-23-8-7-13(2)9-17(23)22-14/h5-9,12H,4,10-11H2,1-3H3,(H2,19,20,21). The van der Waals surface area contributed by atoms with Crippen LogP contribution in [0.1, 0.15) is 27.9 Å². The van der Waals surface area contributed by atoms with Gasteiger partial charge in [-0.3, -0.25) is 4.99 Å². The van der Waals surface area contributed by atoms with Crippen LogP contribution in [0.4, 0.5) is 0 Å². The molecule has 2 N–H and O–H groups in total. The van der Waals surface area contributed by atoms with Gasteiger partial charge in [-0.25, -0.2) is 4.98 Å². The zero-order chi connectivity index (χ0) is 16.9. The highest BCUT2D eigenvalue weighted by molar-refractivity contribution is 7.11. The third kappa shape index (κ3) is 3.94. The van der Waals surface area contributed by atoms with Gasteiger partial charge in [0.25, 0.3) is 0 Å². The Morgan fingerprint density at radius 3 is 2.75 bits per heavy atom. The summed E-state index contributed by atoms with van der Waals surface area (Å²) in [4.78, 5) is 11.6. The Morgan fingerprint density at radius 1 is 1.21 bits per heavy atom. The van der Waals surface area contributed by atoms with E-state index in [1.54, 1.807) is 7.05 Å². The summed E-state index contributed by atoms with van der Waals surface area (Å²) in [5.74, 6) is 0.787. The number of fused-ring (bicyclic) bond motifs is 1. The SMILES string of the molecule is CCc1ccc(CNC(=NC)NCc2cn3ccc(C)cc3n2)s1. The van der Waals surface area contributed by atoms with E-state index in [1.165, 1.54) is 15.3 Å². The van der Waals surface area contributed by atoms with E-state index in [9.17, 15) is 0 Å². The molecule has 0 aromatic carbocycles. The van der Waals surface area contributed by atoms with Crippen molar-refractivity contribution in [1.29, 1.82) is 0 Å². The van der Waals surface area contributed by atoms with E-state index in [2.05, 4.69) is 58.7 Å². The first kappa shape index (κ1) is 16.5. The fraction of sp³-hybridized carbons (Fsp3) is 0.333. The molecule has 0 amide bonds. The first-order valence-electron chi connectivity index (χ1n) is 8.14. The summed E-state index contributed by atoms with van der Waals surface area (Å²) < 4.78 is 2.04. The van der Waals surface area contributed by atoms with Crippen LogP contribution in [-0.4, -0.2) is 22.4 Å². The smallest absolute Gasteiger partial charge is 0.191 e. The minimum Gasteiger partial charge on any atom is -0.352 e. The van der Waals surface area contributed by atoms with Crippen molar-refractivity contribution in [3.63, 3.8) is 0 Å². The van der Waals surface area contributed by atoms with Gasteiger partial charge in [-0.1, -0.05) is 6.92 Å². The summed E-state index contributed by atoms with van der Waals surface area (Å²) >= 11 is 1.84. The summed E-state index contributed by atoms with van der Waals surface area (Å²) in [6.45, 7) is 5.69. The van der Waals surface area contributed by atoms with E-state index in [-0.39, 0.29) is 0 Å². The number of hydrogen-bond donors (Lipinski definition) is 2. The highest BCUT2D eigenvalue weighted by atomic mass is 32.1. The maximum Gasteiger partial charge on any atom is 0.191 e. The van der Waals surface area contributed by atoms with Gasteiger partial charge in [-0.15, -0.1) is 11.3 Å². The Kier molecular flexibility index (Phi) is 5.15. The Bertz CT molecular complexity index is 846. The molecule has 0 aliphatic carbocycles. The third-order valence-electron chi connectivity index (χ3n) is 3.82. The number of hydrogen-bond acceptors (Lipinski definition) is 3. The predicted molar refractivity (Wildman–Crippen MR) is 101 cm³/mol. The molecule has 0 bridgehead atoms. The maximum absolute atomic E-state index is 4.63. The number of guanidine groups is 1. The lowest BCUT2D eigenvalue weighted by atomic mass is 10.3. The zero-order valence-corrected chi connectivity index (χ0v) is 15.2. The summed E-state index contributed by atoms with van der Waals surface area (Å²) in [6, 6.07) is 8.53. The highest BCUT2D eigenvalue weighted by Crippen LogP contribution is 2.16. The van der Waals surface area contributed by atoms with Crippen molar-refractivity contribution in [2.45, 2.75) is 33.4 Å². The summed E-state index contributed by atoms with van der Waals surface area (Å²) in [5, 5.41) is 6.67. The second-order valence-corrected chi connectivity index (χ2v) is 6.96. The number of thiophene rings is 1. The molecule has 3 heterocycles. The molecular formula is C18H23N5S. The monoisotopic (exact) mass is 341 g/mol.